The van der Waals surface area contributed by atoms with E-state index in [1.165, 1.54) is 11.1 Å². The van der Waals surface area contributed by atoms with Crippen LogP contribution < -0.4 is 5.32 Å². The highest BCUT2D eigenvalue weighted by Gasteiger charge is 2.19. The van der Waals surface area contributed by atoms with Crippen molar-refractivity contribution in [2.24, 2.45) is 0 Å². The summed E-state index contributed by atoms with van der Waals surface area (Å²) < 4.78 is 5.22. The van der Waals surface area contributed by atoms with Gasteiger partial charge in [0.25, 0.3) is 0 Å². The standard InChI is InChI=1S/C14H21NO2/c16-7-9-17-8-3-6-15-14-10-12-4-1-2-5-13(12)11-14/h1-2,4-5,14-16H,3,6-11H2. The lowest BCUT2D eigenvalue weighted by molar-refractivity contribution is 0.0904. The van der Waals surface area contributed by atoms with Crippen LogP contribution in [0.2, 0.25) is 0 Å². The van der Waals surface area contributed by atoms with E-state index >= 15 is 0 Å². The predicted octanol–water partition coefficient (Wildman–Crippen LogP) is 1.14. The van der Waals surface area contributed by atoms with Crippen molar-refractivity contribution in [3.63, 3.8) is 0 Å². The minimum absolute atomic E-state index is 0.116. The molecule has 1 aromatic carbocycles. The maximum atomic E-state index is 8.55. The van der Waals surface area contributed by atoms with E-state index in [1.807, 2.05) is 0 Å². The normalized spacial score (nSPS) is 15.1. The van der Waals surface area contributed by atoms with Crippen molar-refractivity contribution in [1.29, 1.82) is 0 Å². The number of hydrogen-bond acceptors (Lipinski definition) is 3. The van der Waals surface area contributed by atoms with Crippen LogP contribution in [0, 0.1) is 0 Å². The van der Waals surface area contributed by atoms with Gasteiger partial charge >= 0.3 is 0 Å². The molecule has 0 atom stereocenters. The first kappa shape index (κ1) is 12.6. The summed E-state index contributed by atoms with van der Waals surface area (Å²) in [5.74, 6) is 0. The second-order valence-corrected chi connectivity index (χ2v) is 4.52. The third-order valence-corrected chi connectivity index (χ3v) is 3.19. The van der Waals surface area contributed by atoms with E-state index in [2.05, 4.69) is 29.6 Å². The van der Waals surface area contributed by atoms with Crippen molar-refractivity contribution in [3.05, 3.63) is 35.4 Å². The van der Waals surface area contributed by atoms with Crippen LogP contribution in [0.5, 0.6) is 0 Å². The molecule has 1 aliphatic carbocycles. The SMILES string of the molecule is OCCOCCCNC1Cc2ccccc2C1. The van der Waals surface area contributed by atoms with Crippen molar-refractivity contribution < 1.29 is 9.84 Å². The van der Waals surface area contributed by atoms with Crippen LogP contribution in [-0.2, 0) is 17.6 Å². The number of benzene rings is 1. The second kappa shape index (κ2) is 6.74. The molecule has 0 heterocycles. The molecule has 1 aromatic rings. The predicted molar refractivity (Wildman–Crippen MR) is 68.2 cm³/mol. The number of fused-ring (bicyclic) bond motifs is 1. The number of aliphatic hydroxyl groups excluding tert-OH is 1. The maximum absolute atomic E-state index is 8.55. The van der Waals surface area contributed by atoms with Crippen molar-refractivity contribution in [3.8, 4) is 0 Å². The van der Waals surface area contributed by atoms with Gasteiger partial charge in [-0.15, -0.1) is 0 Å². The summed E-state index contributed by atoms with van der Waals surface area (Å²) >= 11 is 0. The van der Waals surface area contributed by atoms with Gasteiger partial charge in [-0.2, -0.15) is 0 Å². The molecule has 2 rings (SSSR count). The number of rotatable bonds is 7. The molecule has 3 nitrogen and oxygen atoms in total. The monoisotopic (exact) mass is 235 g/mol. The molecule has 0 unspecified atom stereocenters. The molecule has 1 aliphatic rings. The molecular formula is C14H21NO2. The fourth-order valence-electron chi connectivity index (χ4n) is 2.35. The van der Waals surface area contributed by atoms with Crippen molar-refractivity contribution in [1.82, 2.24) is 5.32 Å². The van der Waals surface area contributed by atoms with Crippen LogP contribution in [0.15, 0.2) is 24.3 Å². The number of aliphatic hydroxyl groups is 1. The summed E-state index contributed by atoms with van der Waals surface area (Å²) in [5.41, 5.74) is 2.98. The minimum atomic E-state index is 0.116. The molecule has 0 amide bonds. The summed E-state index contributed by atoms with van der Waals surface area (Å²) in [4.78, 5) is 0. The largest absolute Gasteiger partial charge is 0.394 e. The van der Waals surface area contributed by atoms with E-state index in [9.17, 15) is 0 Å². The second-order valence-electron chi connectivity index (χ2n) is 4.52. The number of hydrogen-bond donors (Lipinski definition) is 2. The van der Waals surface area contributed by atoms with Crippen LogP contribution in [0.4, 0.5) is 0 Å². The molecule has 0 aromatic heterocycles. The summed E-state index contributed by atoms with van der Waals surface area (Å²) in [6.45, 7) is 2.29. The van der Waals surface area contributed by atoms with E-state index in [0.717, 1.165) is 32.4 Å². The molecule has 0 saturated carbocycles. The zero-order valence-electron chi connectivity index (χ0n) is 10.2. The Labute approximate surface area is 103 Å². The molecule has 94 valence electrons. The van der Waals surface area contributed by atoms with E-state index < -0.39 is 0 Å². The number of nitrogens with one attached hydrogen (secondary N) is 1. The summed E-state index contributed by atoms with van der Waals surface area (Å²) in [6.07, 6.45) is 3.30. The van der Waals surface area contributed by atoms with Gasteiger partial charge in [0.15, 0.2) is 0 Å². The molecule has 0 fully saturated rings. The first-order valence-corrected chi connectivity index (χ1v) is 6.39. The van der Waals surface area contributed by atoms with Gasteiger partial charge in [0, 0.05) is 12.6 Å². The molecule has 0 radical (unpaired) electrons. The first-order chi connectivity index (χ1) is 8.40. The van der Waals surface area contributed by atoms with Crippen LogP contribution in [-0.4, -0.2) is 37.5 Å². The van der Waals surface area contributed by atoms with Gasteiger partial charge in [0.05, 0.1) is 13.2 Å². The fraction of sp³-hybridized carbons (Fsp3) is 0.571. The Morgan fingerprint density at radius 2 is 1.88 bits per heavy atom. The highest BCUT2D eigenvalue weighted by Crippen LogP contribution is 2.21. The Bertz CT molecular complexity index is 316. The smallest absolute Gasteiger partial charge is 0.0697 e. The van der Waals surface area contributed by atoms with Gasteiger partial charge in [-0.05, 0) is 36.9 Å². The van der Waals surface area contributed by atoms with Crippen LogP contribution >= 0.6 is 0 Å². The van der Waals surface area contributed by atoms with Gasteiger partial charge in [-0.1, -0.05) is 24.3 Å². The molecule has 0 aliphatic heterocycles. The van der Waals surface area contributed by atoms with Crippen molar-refractivity contribution in [2.45, 2.75) is 25.3 Å². The third-order valence-electron chi connectivity index (χ3n) is 3.19. The minimum Gasteiger partial charge on any atom is -0.394 e. The van der Waals surface area contributed by atoms with E-state index in [0.29, 0.717) is 12.6 Å². The third kappa shape index (κ3) is 3.80. The Morgan fingerprint density at radius 3 is 2.53 bits per heavy atom. The molecule has 0 spiro atoms. The maximum Gasteiger partial charge on any atom is 0.0697 e. The van der Waals surface area contributed by atoms with Gasteiger partial charge in [0.2, 0.25) is 0 Å². The Morgan fingerprint density at radius 1 is 1.18 bits per heavy atom. The summed E-state index contributed by atoms with van der Waals surface area (Å²) in [5, 5.41) is 12.1. The highest BCUT2D eigenvalue weighted by molar-refractivity contribution is 5.33. The van der Waals surface area contributed by atoms with Gasteiger partial charge in [0.1, 0.15) is 0 Å². The lowest BCUT2D eigenvalue weighted by Gasteiger charge is -2.11. The summed E-state index contributed by atoms with van der Waals surface area (Å²) in [6, 6.07) is 9.27. The van der Waals surface area contributed by atoms with Crippen LogP contribution in [0.3, 0.4) is 0 Å². The highest BCUT2D eigenvalue weighted by atomic mass is 16.5. The lowest BCUT2D eigenvalue weighted by Crippen LogP contribution is -2.30. The zero-order chi connectivity index (χ0) is 11.9. The fourth-order valence-corrected chi connectivity index (χ4v) is 2.35. The van der Waals surface area contributed by atoms with Crippen LogP contribution in [0.25, 0.3) is 0 Å². The Hall–Kier alpha value is -0.900. The number of ether oxygens (including phenoxy) is 1. The Balaban J connectivity index is 1.60. The lowest BCUT2D eigenvalue weighted by atomic mass is 10.1. The van der Waals surface area contributed by atoms with Gasteiger partial charge < -0.3 is 15.2 Å². The van der Waals surface area contributed by atoms with E-state index in [4.69, 9.17) is 9.84 Å². The molecule has 0 saturated heterocycles. The van der Waals surface area contributed by atoms with Gasteiger partial charge in [-0.25, -0.2) is 0 Å². The summed E-state index contributed by atoms with van der Waals surface area (Å²) in [7, 11) is 0. The average molecular weight is 235 g/mol. The molecule has 2 N–H and O–H groups in total. The molecule has 0 bridgehead atoms. The van der Waals surface area contributed by atoms with Crippen molar-refractivity contribution in [2.75, 3.05) is 26.4 Å². The van der Waals surface area contributed by atoms with Crippen LogP contribution in [0.1, 0.15) is 17.5 Å². The van der Waals surface area contributed by atoms with Crippen molar-refractivity contribution >= 4 is 0 Å². The quantitative estimate of drug-likeness (QED) is 0.696. The van der Waals surface area contributed by atoms with E-state index in [1.54, 1.807) is 0 Å². The first-order valence-electron chi connectivity index (χ1n) is 6.39. The van der Waals surface area contributed by atoms with E-state index in [-0.39, 0.29) is 6.61 Å². The zero-order valence-corrected chi connectivity index (χ0v) is 10.2. The average Bonchev–Trinajstić information content (AvgIpc) is 2.76. The molecule has 3 heteroatoms. The molecular weight excluding hydrogens is 214 g/mol. The van der Waals surface area contributed by atoms with Gasteiger partial charge in [-0.3, -0.25) is 0 Å². The molecule has 17 heavy (non-hydrogen) atoms. The topological polar surface area (TPSA) is 41.5 Å². The Kier molecular flexibility index (Phi) is 4.98.